The largest absolute Gasteiger partial charge is 0.338 e. The normalized spacial score (nSPS) is 11.4. The van der Waals surface area contributed by atoms with Gasteiger partial charge in [0.25, 0.3) is 0 Å². The van der Waals surface area contributed by atoms with Gasteiger partial charge in [0.15, 0.2) is 0 Å². The zero-order valence-corrected chi connectivity index (χ0v) is 17.2. The molecule has 2 N–H and O–H groups in total. The molecule has 0 aliphatic heterocycles. The van der Waals surface area contributed by atoms with Crippen molar-refractivity contribution in [1.29, 1.82) is 0 Å². The topological polar surface area (TPSA) is 70.2 Å². The molecule has 0 atom stereocenters. The van der Waals surface area contributed by atoms with Crippen LogP contribution in [0.5, 0.6) is 0 Å². The van der Waals surface area contributed by atoms with Gasteiger partial charge in [0.05, 0.1) is 11.2 Å². The van der Waals surface area contributed by atoms with E-state index >= 15 is 0 Å². The van der Waals surface area contributed by atoms with Crippen molar-refractivity contribution in [3.8, 4) is 33.6 Å². The number of aromatic amines is 2. The molecule has 0 fully saturated rings. The Labute approximate surface area is 183 Å². The van der Waals surface area contributed by atoms with Crippen LogP contribution >= 0.6 is 0 Å². The Bertz CT molecular complexity index is 1610. The molecule has 6 rings (SSSR count). The summed E-state index contributed by atoms with van der Waals surface area (Å²) < 4.78 is 13.8. The number of hydrogen-bond donors (Lipinski definition) is 2. The summed E-state index contributed by atoms with van der Waals surface area (Å²) in [5.74, 6) is -0.264. The molecule has 2 aromatic carbocycles. The maximum Gasteiger partial charge on any atom is 0.138 e. The van der Waals surface area contributed by atoms with Gasteiger partial charge in [-0.15, -0.1) is 0 Å². The standard InChI is InChI=1S/C26H18FN5/c1-15-7-9-28-14-22(15)17-5-6-23-21(12-17)25(32-31-23)24-13-20-19(8-10-29-26(20)30-24)16-3-2-4-18(27)11-16/h2-14H,1H3,(H,29,30)(H,31,32). The van der Waals surface area contributed by atoms with Crippen molar-refractivity contribution in [2.24, 2.45) is 0 Å². The van der Waals surface area contributed by atoms with Gasteiger partial charge in [0, 0.05) is 34.9 Å². The summed E-state index contributed by atoms with van der Waals surface area (Å²) in [6.07, 6.45) is 5.41. The van der Waals surface area contributed by atoms with Gasteiger partial charge >= 0.3 is 0 Å². The number of H-pyrrole nitrogens is 2. The fourth-order valence-corrected chi connectivity index (χ4v) is 4.22. The SMILES string of the molecule is Cc1ccncc1-c1ccc2[nH]nc(-c3cc4c(-c5cccc(F)c5)ccnc4[nH]3)c2c1. The highest BCUT2D eigenvalue weighted by molar-refractivity contribution is 6.00. The van der Waals surface area contributed by atoms with Gasteiger partial charge < -0.3 is 4.98 Å². The van der Waals surface area contributed by atoms with Crippen LogP contribution in [0.4, 0.5) is 4.39 Å². The number of pyridine rings is 2. The number of benzene rings is 2. The fourth-order valence-electron chi connectivity index (χ4n) is 4.22. The summed E-state index contributed by atoms with van der Waals surface area (Å²) in [5, 5.41) is 9.62. The molecule has 5 nitrogen and oxygen atoms in total. The molecule has 6 aromatic rings. The Morgan fingerprint density at radius 2 is 1.75 bits per heavy atom. The van der Waals surface area contributed by atoms with E-state index in [4.69, 9.17) is 0 Å². The van der Waals surface area contributed by atoms with Crippen LogP contribution in [0, 0.1) is 12.7 Å². The third-order valence-electron chi connectivity index (χ3n) is 5.84. The second-order valence-electron chi connectivity index (χ2n) is 7.84. The van der Waals surface area contributed by atoms with E-state index in [9.17, 15) is 4.39 Å². The number of rotatable bonds is 3. The first-order valence-corrected chi connectivity index (χ1v) is 10.3. The monoisotopic (exact) mass is 419 g/mol. The van der Waals surface area contributed by atoms with Crippen LogP contribution in [0.3, 0.4) is 0 Å². The number of hydrogen-bond acceptors (Lipinski definition) is 3. The first kappa shape index (κ1) is 18.4. The van der Waals surface area contributed by atoms with Crippen LogP contribution in [0.15, 0.2) is 79.3 Å². The summed E-state index contributed by atoms with van der Waals surface area (Å²) in [4.78, 5) is 12.1. The number of fused-ring (bicyclic) bond motifs is 2. The molecule has 0 saturated heterocycles. The van der Waals surface area contributed by atoms with Gasteiger partial charge in [0.1, 0.15) is 17.2 Å². The molecular weight excluding hydrogens is 401 g/mol. The minimum atomic E-state index is -0.264. The number of nitrogens with zero attached hydrogens (tertiary/aromatic N) is 3. The zero-order valence-electron chi connectivity index (χ0n) is 17.2. The van der Waals surface area contributed by atoms with Crippen LogP contribution in [-0.2, 0) is 0 Å². The van der Waals surface area contributed by atoms with E-state index in [-0.39, 0.29) is 5.82 Å². The molecule has 0 saturated carbocycles. The molecule has 4 aromatic heterocycles. The lowest BCUT2D eigenvalue weighted by atomic mass is 10.0. The Morgan fingerprint density at radius 1 is 0.844 bits per heavy atom. The molecular formula is C26H18FN5. The molecule has 0 radical (unpaired) electrons. The number of aryl methyl sites for hydroxylation is 1. The highest BCUT2D eigenvalue weighted by atomic mass is 19.1. The van der Waals surface area contributed by atoms with Gasteiger partial charge in [-0.2, -0.15) is 5.10 Å². The molecule has 0 unspecified atom stereocenters. The first-order chi connectivity index (χ1) is 15.7. The predicted molar refractivity (Wildman–Crippen MR) is 125 cm³/mol. The molecule has 0 aliphatic carbocycles. The van der Waals surface area contributed by atoms with E-state index in [0.29, 0.717) is 0 Å². The van der Waals surface area contributed by atoms with E-state index in [0.717, 1.165) is 55.6 Å². The average Bonchev–Trinajstić information content (AvgIpc) is 3.42. The maximum atomic E-state index is 13.8. The predicted octanol–water partition coefficient (Wildman–Crippen LogP) is 6.28. The minimum absolute atomic E-state index is 0.264. The second-order valence-corrected chi connectivity index (χ2v) is 7.84. The van der Waals surface area contributed by atoms with Gasteiger partial charge in [-0.05, 0) is 71.6 Å². The Morgan fingerprint density at radius 3 is 2.62 bits per heavy atom. The van der Waals surface area contributed by atoms with Gasteiger partial charge in [-0.1, -0.05) is 18.2 Å². The van der Waals surface area contributed by atoms with Crippen LogP contribution in [0.2, 0.25) is 0 Å². The van der Waals surface area contributed by atoms with Gasteiger partial charge in [-0.25, -0.2) is 9.37 Å². The van der Waals surface area contributed by atoms with E-state index in [1.165, 1.54) is 17.7 Å². The summed E-state index contributed by atoms with van der Waals surface area (Å²) in [6.45, 7) is 2.08. The first-order valence-electron chi connectivity index (χ1n) is 10.3. The number of nitrogens with one attached hydrogen (secondary N) is 2. The summed E-state index contributed by atoms with van der Waals surface area (Å²) in [5.41, 5.74) is 8.41. The smallest absolute Gasteiger partial charge is 0.138 e. The Kier molecular flexibility index (Phi) is 4.11. The van der Waals surface area contributed by atoms with Crippen molar-refractivity contribution in [3.63, 3.8) is 0 Å². The molecule has 0 aliphatic rings. The van der Waals surface area contributed by atoms with Crippen LogP contribution in [0.1, 0.15) is 5.56 Å². The third-order valence-corrected chi connectivity index (χ3v) is 5.84. The van der Waals surface area contributed by atoms with E-state index in [2.05, 4.69) is 44.2 Å². The molecule has 0 spiro atoms. The highest BCUT2D eigenvalue weighted by Gasteiger charge is 2.15. The van der Waals surface area contributed by atoms with Crippen LogP contribution < -0.4 is 0 Å². The summed E-state index contributed by atoms with van der Waals surface area (Å²) in [6, 6.07) is 18.8. The molecule has 4 heterocycles. The van der Waals surface area contributed by atoms with E-state index < -0.39 is 0 Å². The lowest BCUT2D eigenvalue weighted by Gasteiger charge is -2.05. The Hall–Kier alpha value is -4.32. The molecule has 6 heteroatoms. The molecule has 32 heavy (non-hydrogen) atoms. The van der Waals surface area contributed by atoms with Gasteiger partial charge in [0.2, 0.25) is 0 Å². The van der Waals surface area contributed by atoms with Crippen molar-refractivity contribution < 1.29 is 4.39 Å². The van der Waals surface area contributed by atoms with Gasteiger partial charge in [-0.3, -0.25) is 10.1 Å². The van der Waals surface area contributed by atoms with E-state index in [1.54, 1.807) is 18.5 Å². The number of halogens is 1. The zero-order chi connectivity index (χ0) is 21.7. The fraction of sp³-hybridized carbons (Fsp3) is 0.0385. The average molecular weight is 419 g/mol. The van der Waals surface area contributed by atoms with Crippen LogP contribution in [0.25, 0.3) is 55.6 Å². The molecule has 154 valence electrons. The van der Waals surface area contributed by atoms with Crippen molar-refractivity contribution in [2.45, 2.75) is 6.92 Å². The number of aromatic nitrogens is 5. The van der Waals surface area contributed by atoms with Crippen molar-refractivity contribution in [1.82, 2.24) is 25.1 Å². The lowest BCUT2D eigenvalue weighted by molar-refractivity contribution is 0.628. The quantitative estimate of drug-likeness (QED) is 0.354. The van der Waals surface area contributed by atoms with Crippen molar-refractivity contribution in [2.75, 3.05) is 0 Å². The van der Waals surface area contributed by atoms with Crippen molar-refractivity contribution in [3.05, 3.63) is 90.6 Å². The Balaban J connectivity index is 1.52. The van der Waals surface area contributed by atoms with E-state index in [1.807, 2.05) is 36.5 Å². The van der Waals surface area contributed by atoms with Crippen molar-refractivity contribution >= 4 is 21.9 Å². The second kappa shape index (κ2) is 7.13. The maximum absolute atomic E-state index is 13.8. The van der Waals surface area contributed by atoms with Crippen LogP contribution in [-0.4, -0.2) is 25.1 Å². The molecule has 0 bridgehead atoms. The lowest BCUT2D eigenvalue weighted by Crippen LogP contribution is -1.85. The summed E-state index contributed by atoms with van der Waals surface area (Å²) >= 11 is 0. The molecule has 0 amide bonds. The summed E-state index contributed by atoms with van der Waals surface area (Å²) in [7, 11) is 0. The third kappa shape index (κ3) is 2.96. The highest BCUT2D eigenvalue weighted by Crippen LogP contribution is 2.35. The minimum Gasteiger partial charge on any atom is -0.338 e.